The summed E-state index contributed by atoms with van der Waals surface area (Å²) in [5.74, 6) is -0.573. The van der Waals surface area contributed by atoms with Crippen LogP contribution >= 0.6 is 0 Å². The predicted molar refractivity (Wildman–Crippen MR) is 121 cm³/mol. The normalized spacial score (nSPS) is 11.6. The molecule has 0 bridgehead atoms. The van der Waals surface area contributed by atoms with Gasteiger partial charge < -0.3 is 15.0 Å². The summed E-state index contributed by atoms with van der Waals surface area (Å²) >= 11 is 0. The van der Waals surface area contributed by atoms with Crippen molar-refractivity contribution in [2.24, 2.45) is 10.9 Å². The molecular formula is C19H26N8O5S. The summed E-state index contributed by atoms with van der Waals surface area (Å²) in [6.45, 7) is 4.48. The molecule has 0 aliphatic heterocycles. The molecule has 0 fully saturated rings. The van der Waals surface area contributed by atoms with Gasteiger partial charge in [0, 0.05) is 25.2 Å². The lowest BCUT2D eigenvalue weighted by Crippen LogP contribution is -2.32. The molecule has 2 heterocycles. The number of rotatable bonds is 10. The molecule has 0 atom stereocenters. The van der Waals surface area contributed by atoms with E-state index in [2.05, 4.69) is 20.1 Å². The van der Waals surface area contributed by atoms with Crippen molar-refractivity contribution >= 4 is 39.0 Å². The van der Waals surface area contributed by atoms with Crippen molar-refractivity contribution in [2.75, 3.05) is 19.0 Å². The summed E-state index contributed by atoms with van der Waals surface area (Å²) < 4.78 is 33.2. The summed E-state index contributed by atoms with van der Waals surface area (Å²) in [5.41, 5.74) is 7.54. The molecule has 14 heteroatoms. The van der Waals surface area contributed by atoms with Crippen molar-refractivity contribution in [3.8, 4) is 5.75 Å². The van der Waals surface area contributed by atoms with E-state index in [1.807, 2.05) is 6.92 Å². The number of methoxy groups -OCH3 is 1. The van der Waals surface area contributed by atoms with Crippen LogP contribution < -0.4 is 25.6 Å². The monoisotopic (exact) mass is 478 g/mol. The molecule has 0 aliphatic carbocycles. The molecule has 3 aromatic rings. The molecule has 0 unspecified atom stereocenters. The zero-order valence-electron chi connectivity index (χ0n) is 18.5. The van der Waals surface area contributed by atoms with Crippen molar-refractivity contribution in [2.45, 2.75) is 33.4 Å². The second-order valence-corrected chi connectivity index (χ2v) is 8.61. The maximum absolute atomic E-state index is 13.0. The van der Waals surface area contributed by atoms with Crippen molar-refractivity contribution in [1.82, 2.24) is 24.1 Å². The van der Waals surface area contributed by atoms with Crippen LogP contribution in [0.5, 0.6) is 5.75 Å². The highest BCUT2D eigenvalue weighted by atomic mass is 32.2. The van der Waals surface area contributed by atoms with E-state index in [1.165, 1.54) is 19.2 Å². The van der Waals surface area contributed by atoms with Crippen LogP contribution in [0.15, 0.2) is 18.2 Å². The van der Waals surface area contributed by atoms with Crippen LogP contribution in [0.4, 0.5) is 5.95 Å². The van der Waals surface area contributed by atoms with Crippen molar-refractivity contribution in [3.05, 3.63) is 35.2 Å². The molecule has 0 saturated carbocycles. The number of carbonyl (C=O) groups excluding carboxylic acids is 2. The number of aromatic nitrogens is 4. The Labute approximate surface area is 190 Å². The number of hydrogen-bond acceptors (Lipinski definition) is 7. The van der Waals surface area contributed by atoms with E-state index in [0.717, 1.165) is 0 Å². The number of aryl methyl sites for hydroxylation is 3. The second-order valence-electron chi connectivity index (χ2n) is 7.23. The Balaban J connectivity index is 2.03. The average Bonchev–Trinajstić information content (AvgIpc) is 3.29. The Bertz CT molecular complexity index is 1310. The van der Waals surface area contributed by atoms with Gasteiger partial charge >= 0.3 is 0 Å². The van der Waals surface area contributed by atoms with Gasteiger partial charge in [-0.3, -0.25) is 19.6 Å². The lowest BCUT2D eigenvalue weighted by molar-refractivity contribution is 0.0995. The van der Waals surface area contributed by atoms with Gasteiger partial charge in [-0.15, -0.1) is 0 Å². The summed E-state index contributed by atoms with van der Waals surface area (Å²) in [7, 11) is -2.41. The van der Waals surface area contributed by atoms with E-state index in [9.17, 15) is 18.0 Å². The molecule has 3 rings (SSSR count). The summed E-state index contributed by atoms with van der Waals surface area (Å²) in [6.07, 6.45) is 0.331. The fourth-order valence-corrected chi connectivity index (χ4v) is 3.86. The number of imidazole rings is 1. The van der Waals surface area contributed by atoms with E-state index in [1.54, 1.807) is 22.2 Å². The van der Waals surface area contributed by atoms with Crippen LogP contribution in [0.1, 0.15) is 39.9 Å². The molecule has 13 nitrogen and oxygen atoms in total. The van der Waals surface area contributed by atoms with E-state index in [4.69, 9.17) is 15.6 Å². The quantitative estimate of drug-likeness (QED) is 0.297. The lowest BCUT2D eigenvalue weighted by Gasteiger charge is -2.12. The van der Waals surface area contributed by atoms with Crippen LogP contribution in [0, 0.1) is 6.92 Å². The van der Waals surface area contributed by atoms with Gasteiger partial charge in [-0.1, -0.05) is 0 Å². The van der Waals surface area contributed by atoms with Crippen LogP contribution in [-0.4, -0.2) is 53.2 Å². The van der Waals surface area contributed by atoms with Crippen molar-refractivity contribution < 1.29 is 22.7 Å². The molecule has 0 aliphatic rings. The SMILES string of the molecule is CCn1nc(C)cc1C(=O)Nc1nc2cc(C(N)=O)cc(OC)c2n1CCCNS(N)(=O)=O. The third-order valence-corrected chi connectivity index (χ3v) is 5.44. The Morgan fingerprint density at radius 3 is 2.58 bits per heavy atom. The fraction of sp³-hybridized carbons (Fsp3) is 0.368. The van der Waals surface area contributed by atoms with Gasteiger partial charge in [0.05, 0.1) is 18.3 Å². The second kappa shape index (κ2) is 9.56. The number of ether oxygens (including phenoxy) is 1. The smallest absolute Gasteiger partial charge is 0.276 e. The van der Waals surface area contributed by atoms with Gasteiger partial charge in [0.15, 0.2) is 0 Å². The number of nitrogens with zero attached hydrogens (tertiary/aromatic N) is 4. The number of nitrogens with two attached hydrogens (primary N) is 2. The Hall–Kier alpha value is -3.49. The first kappa shape index (κ1) is 24.2. The zero-order valence-corrected chi connectivity index (χ0v) is 19.3. The van der Waals surface area contributed by atoms with Crippen LogP contribution in [0.2, 0.25) is 0 Å². The Kier molecular flexibility index (Phi) is 7.00. The average molecular weight is 479 g/mol. The minimum atomic E-state index is -3.84. The molecule has 0 saturated heterocycles. The van der Waals surface area contributed by atoms with Crippen molar-refractivity contribution in [3.63, 3.8) is 0 Å². The number of amides is 2. The Morgan fingerprint density at radius 2 is 1.97 bits per heavy atom. The number of anilines is 1. The van der Waals surface area contributed by atoms with Gasteiger partial charge in [-0.2, -0.15) is 13.5 Å². The Morgan fingerprint density at radius 1 is 1.24 bits per heavy atom. The van der Waals surface area contributed by atoms with Gasteiger partial charge in [-0.25, -0.2) is 14.8 Å². The van der Waals surface area contributed by atoms with Crippen LogP contribution in [0.3, 0.4) is 0 Å². The third kappa shape index (κ3) is 5.47. The minimum absolute atomic E-state index is 0.0649. The molecule has 1 aromatic carbocycles. The fourth-order valence-electron chi connectivity index (χ4n) is 3.43. The molecule has 2 amide bonds. The number of fused-ring (bicyclic) bond motifs is 1. The first-order valence-corrected chi connectivity index (χ1v) is 11.6. The first-order valence-electron chi connectivity index (χ1n) is 10.0. The number of nitrogens with one attached hydrogen (secondary N) is 2. The number of benzene rings is 1. The maximum atomic E-state index is 13.0. The minimum Gasteiger partial charge on any atom is -0.494 e. The van der Waals surface area contributed by atoms with Gasteiger partial charge in [0.1, 0.15) is 17.0 Å². The van der Waals surface area contributed by atoms with Gasteiger partial charge in [0.2, 0.25) is 11.9 Å². The number of hydrogen-bond donors (Lipinski definition) is 4. The van der Waals surface area contributed by atoms with Crippen molar-refractivity contribution in [1.29, 1.82) is 0 Å². The van der Waals surface area contributed by atoms with E-state index >= 15 is 0 Å². The first-order chi connectivity index (χ1) is 15.5. The predicted octanol–water partition coefficient (Wildman–Crippen LogP) is 0.104. The third-order valence-electron chi connectivity index (χ3n) is 4.83. The highest BCUT2D eigenvalue weighted by molar-refractivity contribution is 7.87. The van der Waals surface area contributed by atoms with Crippen LogP contribution in [-0.2, 0) is 23.3 Å². The van der Waals surface area contributed by atoms with E-state index in [-0.39, 0.29) is 24.6 Å². The standard InChI is InChI=1S/C19H26N8O5S/c1-4-27-14(8-11(2)25-27)18(29)24-19-23-13-9-12(17(20)28)10-15(32-3)16(13)26(19)7-5-6-22-33(21,30)31/h8-10,22H,4-7H2,1-3H3,(H2,20,28)(H2,21,30,31)(H,23,24,29). The van der Waals surface area contributed by atoms with E-state index in [0.29, 0.717) is 41.1 Å². The zero-order chi connectivity index (χ0) is 24.3. The molecule has 0 radical (unpaired) electrons. The summed E-state index contributed by atoms with van der Waals surface area (Å²) in [5, 5.41) is 12.0. The molecular weight excluding hydrogens is 452 g/mol. The number of carbonyl (C=O) groups is 2. The highest BCUT2D eigenvalue weighted by Crippen LogP contribution is 2.31. The lowest BCUT2D eigenvalue weighted by atomic mass is 10.1. The molecule has 0 spiro atoms. The van der Waals surface area contributed by atoms with Gasteiger partial charge in [0.25, 0.3) is 16.1 Å². The van der Waals surface area contributed by atoms with Crippen LogP contribution in [0.25, 0.3) is 11.0 Å². The number of primary amides is 1. The maximum Gasteiger partial charge on any atom is 0.276 e. The topological polar surface area (TPSA) is 189 Å². The van der Waals surface area contributed by atoms with E-state index < -0.39 is 22.0 Å². The molecule has 178 valence electrons. The highest BCUT2D eigenvalue weighted by Gasteiger charge is 2.21. The molecule has 6 N–H and O–H groups in total. The molecule has 2 aromatic heterocycles. The molecule has 33 heavy (non-hydrogen) atoms. The summed E-state index contributed by atoms with van der Waals surface area (Å²) in [6, 6.07) is 4.63. The largest absolute Gasteiger partial charge is 0.494 e. The van der Waals surface area contributed by atoms with Gasteiger partial charge in [-0.05, 0) is 38.5 Å². The summed E-state index contributed by atoms with van der Waals surface area (Å²) in [4.78, 5) is 29.2.